The van der Waals surface area contributed by atoms with Gasteiger partial charge in [0.25, 0.3) is 0 Å². The number of alkyl halides is 1. The highest BCUT2D eigenvalue weighted by molar-refractivity contribution is 9.09. The zero-order chi connectivity index (χ0) is 14.3. The van der Waals surface area contributed by atoms with Crippen LogP contribution in [0.15, 0.2) is 24.3 Å². The van der Waals surface area contributed by atoms with Crippen LogP contribution in [0.1, 0.15) is 51.7 Å². The summed E-state index contributed by atoms with van der Waals surface area (Å²) in [5, 5.41) is 1.05. The number of hydrogen-bond donors (Lipinski definition) is 0. The van der Waals surface area contributed by atoms with Crippen molar-refractivity contribution in [3.8, 4) is 0 Å². The summed E-state index contributed by atoms with van der Waals surface area (Å²) in [6.45, 7) is 12.4. The van der Waals surface area contributed by atoms with Gasteiger partial charge >= 0.3 is 0 Å². The van der Waals surface area contributed by atoms with Gasteiger partial charge in [0.1, 0.15) is 0 Å². The Balaban J connectivity index is 2.64. The Morgan fingerprint density at radius 2 is 1.68 bits per heavy atom. The zero-order valence-corrected chi connectivity index (χ0v) is 14.5. The molecule has 0 atom stereocenters. The lowest BCUT2D eigenvalue weighted by molar-refractivity contribution is 0.278. The SMILES string of the molecule is CCCCN(CCBr)Cc1ccc(C(C)(C)C)cc1. The van der Waals surface area contributed by atoms with E-state index in [0.717, 1.165) is 18.4 Å². The van der Waals surface area contributed by atoms with Crippen LogP contribution in [-0.2, 0) is 12.0 Å². The summed E-state index contributed by atoms with van der Waals surface area (Å²) in [5.41, 5.74) is 3.08. The Morgan fingerprint density at radius 1 is 1.05 bits per heavy atom. The number of benzene rings is 1. The monoisotopic (exact) mass is 325 g/mol. The molecular formula is C17H28BrN. The van der Waals surface area contributed by atoms with Gasteiger partial charge in [0.2, 0.25) is 0 Å². The Labute approximate surface area is 127 Å². The summed E-state index contributed by atoms with van der Waals surface area (Å²) in [7, 11) is 0. The van der Waals surface area contributed by atoms with Crippen molar-refractivity contribution in [3.63, 3.8) is 0 Å². The first-order valence-electron chi connectivity index (χ1n) is 7.35. The second kappa shape index (κ2) is 8.06. The summed E-state index contributed by atoms with van der Waals surface area (Å²) in [5.74, 6) is 0. The van der Waals surface area contributed by atoms with Gasteiger partial charge in [0.05, 0.1) is 0 Å². The number of nitrogens with zero attached hydrogens (tertiary/aromatic N) is 1. The summed E-state index contributed by atoms with van der Waals surface area (Å²) < 4.78 is 0. The second-order valence-corrected chi connectivity index (χ2v) is 7.06. The molecule has 0 saturated carbocycles. The van der Waals surface area contributed by atoms with Gasteiger partial charge in [0, 0.05) is 18.4 Å². The van der Waals surface area contributed by atoms with Crippen LogP contribution in [-0.4, -0.2) is 23.3 Å². The number of rotatable bonds is 7. The van der Waals surface area contributed by atoms with E-state index in [2.05, 4.69) is 72.8 Å². The Kier molecular flexibility index (Phi) is 7.09. The van der Waals surface area contributed by atoms with Gasteiger partial charge in [-0.2, -0.15) is 0 Å². The van der Waals surface area contributed by atoms with Gasteiger partial charge in [-0.1, -0.05) is 74.3 Å². The van der Waals surface area contributed by atoms with Gasteiger partial charge < -0.3 is 0 Å². The molecule has 0 aromatic heterocycles. The van der Waals surface area contributed by atoms with E-state index >= 15 is 0 Å². The fourth-order valence-corrected chi connectivity index (χ4v) is 2.64. The molecule has 0 spiro atoms. The molecule has 108 valence electrons. The number of unbranched alkanes of at least 4 members (excludes halogenated alkanes) is 1. The molecule has 0 unspecified atom stereocenters. The fourth-order valence-electron chi connectivity index (χ4n) is 2.14. The molecule has 0 amide bonds. The molecule has 1 rings (SSSR count). The minimum atomic E-state index is 0.246. The highest BCUT2D eigenvalue weighted by Crippen LogP contribution is 2.22. The Hall–Kier alpha value is -0.340. The molecule has 0 aliphatic rings. The third kappa shape index (κ3) is 6.09. The van der Waals surface area contributed by atoms with Gasteiger partial charge in [-0.05, 0) is 29.5 Å². The van der Waals surface area contributed by atoms with E-state index in [-0.39, 0.29) is 5.41 Å². The van der Waals surface area contributed by atoms with E-state index in [4.69, 9.17) is 0 Å². The van der Waals surface area contributed by atoms with Crippen LogP contribution in [0.2, 0.25) is 0 Å². The summed E-state index contributed by atoms with van der Waals surface area (Å²) >= 11 is 3.55. The minimum Gasteiger partial charge on any atom is -0.298 e. The third-order valence-electron chi connectivity index (χ3n) is 3.45. The van der Waals surface area contributed by atoms with Crippen molar-refractivity contribution in [2.45, 2.75) is 52.5 Å². The summed E-state index contributed by atoms with van der Waals surface area (Å²) in [4.78, 5) is 2.53. The van der Waals surface area contributed by atoms with Gasteiger partial charge in [-0.15, -0.1) is 0 Å². The molecule has 0 fully saturated rings. The lowest BCUT2D eigenvalue weighted by Crippen LogP contribution is -2.26. The van der Waals surface area contributed by atoms with E-state index in [1.165, 1.54) is 30.5 Å². The van der Waals surface area contributed by atoms with E-state index in [0.29, 0.717) is 0 Å². The minimum absolute atomic E-state index is 0.246. The first-order valence-corrected chi connectivity index (χ1v) is 8.47. The first-order chi connectivity index (χ1) is 8.97. The molecule has 0 radical (unpaired) electrons. The first kappa shape index (κ1) is 16.7. The van der Waals surface area contributed by atoms with E-state index in [1.807, 2.05) is 0 Å². The van der Waals surface area contributed by atoms with Crippen molar-refractivity contribution in [2.75, 3.05) is 18.4 Å². The van der Waals surface area contributed by atoms with Crippen LogP contribution in [0.5, 0.6) is 0 Å². The van der Waals surface area contributed by atoms with Crippen molar-refractivity contribution in [2.24, 2.45) is 0 Å². The maximum atomic E-state index is 3.55. The zero-order valence-electron chi connectivity index (χ0n) is 12.9. The Bertz CT molecular complexity index is 351. The van der Waals surface area contributed by atoms with Crippen LogP contribution in [0, 0.1) is 0 Å². The van der Waals surface area contributed by atoms with Crippen LogP contribution in [0.3, 0.4) is 0 Å². The quantitative estimate of drug-likeness (QED) is 0.639. The van der Waals surface area contributed by atoms with Crippen LogP contribution >= 0.6 is 15.9 Å². The normalized spacial score (nSPS) is 12.1. The summed E-state index contributed by atoms with van der Waals surface area (Å²) in [6.07, 6.45) is 2.55. The van der Waals surface area contributed by atoms with Crippen molar-refractivity contribution < 1.29 is 0 Å². The molecule has 0 aliphatic heterocycles. The molecule has 0 aliphatic carbocycles. The van der Waals surface area contributed by atoms with Crippen LogP contribution < -0.4 is 0 Å². The maximum Gasteiger partial charge on any atom is 0.0234 e. The van der Waals surface area contributed by atoms with E-state index in [9.17, 15) is 0 Å². The van der Waals surface area contributed by atoms with Crippen molar-refractivity contribution in [3.05, 3.63) is 35.4 Å². The van der Waals surface area contributed by atoms with Gasteiger partial charge in [-0.3, -0.25) is 4.90 Å². The molecule has 0 saturated heterocycles. The van der Waals surface area contributed by atoms with E-state index in [1.54, 1.807) is 0 Å². The molecular weight excluding hydrogens is 298 g/mol. The molecule has 1 aromatic carbocycles. The van der Waals surface area contributed by atoms with Crippen molar-refractivity contribution >= 4 is 15.9 Å². The molecule has 1 nitrogen and oxygen atoms in total. The van der Waals surface area contributed by atoms with E-state index < -0.39 is 0 Å². The van der Waals surface area contributed by atoms with Crippen molar-refractivity contribution in [1.29, 1.82) is 0 Å². The van der Waals surface area contributed by atoms with Crippen LogP contribution in [0.4, 0.5) is 0 Å². The predicted octanol–water partition coefficient (Wildman–Crippen LogP) is 4.98. The molecule has 0 bridgehead atoms. The molecule has 0 heterocycles. The molecule has 0 N–H and O–H groups in total. The smallest absolute Gasteiger partial charge is 0.0234 e. The standard InChI is InChI=1S/C17H28BrN/c1-5-6-12-19(13-11-18)14-15-7-9-16(10-8-15)17(2,3)4/h7-10H,5-6,11-14H2,1-4H3. The average molecular weight is 326 g/mol. The lowest BCUT2D eigenvalue weighted by atomic mass is 9.87. The van der Waals surface area contributed by atoms with Crippen LogP contribution in [0.25, 0.3) is 0 Å². The fraction of sp³-hybridized carbons (Fsp3) is 0.647. The van der Waals surface area contributed by atoms with Crippen molar-refractivity contribution in [1.82, 2.24) is 4.90 Å². The highest BCUT2D eigenvalue weighted by atomic mass is 79.9. The average Bonchev–Trinajstić information content (AvgIpc) is 2.36. The molecule has 2 heteroatoms. The highest BCUT2D eigenvalue weighted by Gasteiger charge is 2.13. The maximum absolute atomic E-state index is 3.55. The summed E-state index contributed by atoms with van der Waals surface area (Å²) in [6, 6.07) is 9.13. The topological polar surface area (TPSA) is 3.24 Å². The van der Waals surface area contributed by atoms with Gasteiger partial charge in [-0.25, -0.2) is 0 Å². The number of hydrogen-bond acceptors (Lipinski definition) is 1. The molecule has 19 heavy (non-hydrogen) atoms. The van der Waals surface area contributed by atoms with Gasteiger partial charge in [0.15, 0.2) is 0 Å². The second-order valence-electron chi connectivity index (χ2n) is 6.27. The largest absolute Gasteiger partial charge is 0.298 e. The molecule has 1 aromatic rings. The third-order valence-corrected chi connectivity index (χ3v) is 3.81. The number of halogens is 1. The predicted molar refractivity (Wildman–Crippen MR) is 89.1 cm³/mol. The Morgan fingerprint density at radius 3 is 2.16 bits per heavy atom. The lowest BCUT2D eigenvalue weighted by Gasteiger charge is -2.23.